The molecule has 1 amide bonds. The van der Waals surface area contributed by atoms with Crippen molar-refractivity contribution in [3.63, 3.8) is 0 Å². The van der Waals surface area contributed by atoms with Crippen molar-refractivity contribution in [2.45, 2.75) is 25.8 Å². The summed E-state index contributed by atoms with van der Waals surface area (Å²) >= 11 is 0. The molecule has 2 rings (SSSR count). The number of nitrogens with one attached hydrogen (secondary N) is 1. The topological polar surface area (TPSA) is 96.9 Å². The predicted octanol–water partition coefficient (Wildman–Crippen LogP) is 2.10. The lowest BCUT2D eigenvalue weighted by Gasteiger charge is -2.20. The van der Waals surface area contributed by atoms with Crippen LogP contribution in [0.4, 0.5) is 0 Å². The van der Waals surface area contributed by atoms with Gasteiger partial charge in [-0.25, -0.2) is 0 Å². The molecule has 150 valence electrons. The highest BCUT2D eigenvalue weighted by Gasteiger charge is 2.18. The van der Waals surface area contributed by atoms with E-state index in [-0.39, 0.29) is 6.42 Å². The molecular weight excluding hydrogens is 362 g/mol. The van der Waals surface area contributed by atoms with Gasteiger partial charge in [-0.2, -0.15) is 0 Å². The van der Waals surface area contributed by atoms with Gasteiger partial charge in [0.25, 0.3) is 5.91 Å². The van der Waals surface area contributed by atoms with Crippen molar-refractivity contribution in [1.29, 1.82) is 0 Å². The Kier molecular flexibility index (Phi) is 7.68. The van der Waals surface area contributed by atoms with Crippen LogP contribution >= 0.6 is 0 Å². The molecule has 7 heteroatoms. The van der Waals surface area contributed by atoms with Gasteiger partial charge in [0, 0.05) is 24.0 Å². The number of carbonyl (C=O) groups is 2. The number of benzene rings is 2. The Bertz CT molecular complexity index is 781. The lowest BCUT2D eigenvalue weighted by atomic mass is 10.0. The van der Waals surface area contributed by atoms with E-state index >= 15 is 0 Å². The molecule has 2 aromatic carbocycles. The summed E-state index contributed by atoms with van der Waals surface area (Å²) in [7, 11) is 2.97. The highest BCUT2D eigenvalue weighted by Crippen LogP contribution is 2.25. The molecule has 0 saturated carbocycles. The zero-order valence-electron chi connectivity index (χ0n) is 16.2. The summed E-state index contributed by atoms with van der Waals surface area (Å²) in [6.45, 7) is 2.60. The maximum absolute atomic E-state index is 12.7. The van der Waals surface area contributed by atoms with Crippen molar-refractivity contribution >= 4 is 11.9 Å². The van der Waals surface area contributed by atoms with E-state index in [1.807, 2.05) is 6.92 Å². The van der Waals surface area contributed by atoms with E-state index in [0.717, 1.165) is 6.42 Å². The molecule has 0 heterocycles. The molecular formula is C21H24NO6-. The number of rotatable bonds is 10. The number of methoxy groups -OCH3 is 2. The van der Waals surface area contributed by atoms with Crippen molar-refractivity contribution in [3.8, 4) is 17.2 Å². The molecule has 0 aromatic heterocycles. The summed E-state index contributed by atoms with van der Waals surface area (Å²) in [5.74, 6) is -0.118. The van der Waals surface area contributed by atoms with E-state index in [9.17, 15) is 14.7 Å². The van der Waals surface area contributed by atoms with E-state index in [1.54, 1.807) is 42.5 Å². The molecule has 0 unspecified atom stereocenters. The molecule has 0 aliphatic rings. The predicted molar refractivity (Wildman–Crippen MR) is 102 cm³/mol. The first-order valence-electron chi connectivity index (χ1n) is 8.93. The second-order valence-electron chi connectivity index (χ2n) is 6.12. The average molecular weight is 386 g/mol. The van der Waals surface area contributed by atoms with E-state index in [0.29, 0.717) is 35.0 Å². The second kappa shape index (κ2) is 10.2. The van der Waals surface area contributed by atoms with Crippen molar-refractivity contribution in [2.24, 2.45) is 0 Å². The van der Waals surface area contributed by atoms with Crippen LogP contribution in [0.25, 0.3) is 0 Å². The lowest BCUT2D eigenvalue weighted by Crippen LogP contribution is -2.34. The quantitative estimate of drug-likeness (QED) is 0.672. The Hall–Kier alpha value is -3.22. The smallest absolute Gasteiger partial charge is 0.252 e. The summed E-state index contributed by atoms with van der Waals surface area (Å²) in [6, 6.07) is 10.9. The molecule has 1 atom stereocenters. The van der Waals surface area contributed by atoms with Gasteiger partial charge in [-0.3, -0.25) is 4.79 Å². The maximum atomic E-state index is 12.7. The van der Waals surface area contributed by atoms with Crippen molar-refractivity contribution < 1.29 is 28.9 Å². The Labute approximate surface area is 164 Å². The zero-order chi connectivity index (χ0) is 20.5. The Morgan fingerprint density at radius 1 is 1.00 bits per heavy atom. The minimum Gasteiger partial charge on any atom is -0.550 e. The SMILES string of the molecule is CCCOc1ccc([C@H](CC(=O)[O-])NC(=O)c2cc(OC)cc(OC)c2)cc1. The van der Waals surface area contributed by atoms with Crippen LogP contribution in [0.3, 0.4) is 0 Å². The third-order valence-corrected chi connectivity index (χ3v) is 4.05. The largest absolute Gasteiger partial charge is 0.550 e. The van der Waals surface area contributed by atoms with Crippen LogP contribution in [-0.4, -0.2) is 32.7 Å². The fourth-order valence-corrected chi connectivity index (χ4v) is 2.62. The van der Waals surface area contributed by atoms with Gasteiger partial charge < -0.3 is 29.4 Å². The summed E-state index contributed by atoms with van der Waals surface area (Å²) < 4.78 is 15.9. The van der Waals surface area contributed by atoms with Gasteiger partial charge in [-0.1, -0.05) is 19.1 Å². The number of ether oxygens (including phenoxy) is 3. The van der Waals surface area contributed by atoms with Gasteiger partial charge in [0.1, 0.15) is 17.2 Å². The minimum atomic E-state index is -1.26. The fourth-order valence-electron chi connectivity index (χ4n) is 2.62. The van der Waals surface area contributed by atoms with E-state index < -0.39 is 17.9 Å². The Morgan fingerprint density at radius 2 is 1.61 bits per heavy atom. The van der Waals surface area contributed by atoms with E-state index in [2.05, 4.69) is 5.32 Å². The first kappa shape index (κ1) is 21.1. The monoisotopic (exact) mass is 386 g/mol. The number of carbonyl (C=O) groups excluding carboxylic acids is 2. The second-order valence-corrected chi connectivity index (χ2v) is 6.12. The van der Waals surface area contributed by atoms with Crippen LogP contribution in [0.15, 0.2) is 42.5 Å². The number of amides is 1. The summed E-state index contributed by atoms with van der Waals surface area (Å²) in [5, 5.41) is 13.9. The molecule has 0 bridgehead atoms. The summed E-state index contributed by atoms with van der Waals surface area (Å²) in [5.41, 5.74) is 0.929. The Balaban J connectivity index is 2.22. The lowest BCUT2D eigenvalue weighted by molar-refractivity contribution is -0.306. The molecule has 0 aliphatic carbocycles. The van der Waals surface area contributed by atoms with Crippen LogP contribution in [-0.2, 0) is 4.79 Å². The molecule has 28 heavy (non-hydrogen) atoms. The van der Waals surface area contributed by atoms with Gasteiger partial charge in [0.2, 0.25) is 0 Å². The van der Waals surface area contributed by atoms with Gasteiger partial charge in [-0.15, -0.1) is 0 Å². The molecule has 0 radical (unpaired) electrons. The van der Waals surface area contributed by atoms with Crippen molar-refractivity contribution in [2.75, 3.05) is 20.8 Å². The molecule has 7 nitrogen and oxygen atoms in total. The molecule has 0 saturated heterocycles. The Morgan fingerprint density at radius 3 is 2.11 bits per heavy atom. The number of hydrogen-bond donors (Lipinski definition) is 1. The number of aliphatic carboxylic acids is 1. The van der Waals surface area contributed by atoms with Gasteiger partial charge in [0.15, 0.2) is 0 Å². The van der Waals surface area contributed by atoms with Crippen molar-refractivity contribution in [3.05, 3.63) is 53.6 Å². The van der Waals surface area contributed by atoms with Crippen LogP contribution in [0, 0.1) is 0 Å². The van der Waals surface area contributed by atoms with E-state index in [4.69, 9.17) is 14.2 Å². The fraction of sp³-hybridized carbons (Fsp3) is 0.333. The van der Waals surface area contributed by atoms with Crippen LogP contribution in [0.1, 0.15) is 41.7 Å². The van der Waals surface area contributed by atoms with Gasteiger partial charge in [-0.05, 0) is 36.2 Å². The first-order valence-corrected chi connectivity index (χ1v) is 8.93. The van der Waals surface area contributed by atoms with Gasteiger partial charge in [0.05, 0.1) is 26.9 Å². The molecule has 1 N–H and O–H groups in total. The number of hydrogen-bond acceptors (Lipinski definition) is 6. The van der Waals surface area contributed by atoms with Crippen LogP contribution < -0.4 is 24.6 Å². The van der Waals surface area contributed by atoms with Crippen LogP contribution in [0.2, 0.25) is 0 Å². The van der Waals surface area contributed by atoms with Gasteiger partial charge >= 0.3 is 0 Å². The van der Waals surface area contributed by atoms with E-state index in [1.165, 1.54) is 14.2 Å². The first-order chi connectivity index (χ1) is 13.5. The standard InChI is InChI=1S/C21H25NO6/c1-4-9-28-16-7-5-14(6-8-16)19(13-20(23)24)22-21(25)15-10-17(26-2)12-18(11-15)27-3/h5-8,10-12,19H,4,9,13H2,1-3H3,(H,22,25)(H,23,24)/p-1/t19-/m0/s1. The average Bonchev–Trinajstić information content (AvgIpc) is 2.71. The summed E-state index contributed by atoms with van der Waals surface area (Å²) in [6.07, 6.45) is 0.525. The number of carboxylic acids is 1. The number of carboxylic acid groups (broad SMARTS) is 1. The van der Waals surface area contributed by atoms with Crippen LogP contribution in [0.5, 0.6) is 17.2 Å². The highest BCUT2D eigenvalue weighted by atomic mass is 16.5. The highest BCUT2D eigenvalue weighted by molar-refractivity contribution is 5.95. The zero-order valence-corrected chi connectivity index (χ0v) is 16.2. The summed E-state index contributed by atoms with van der Waals surface area (Å²) in [4.78, 5) is 23.9. The normalized spacial score (nSPS) is 11.4. The molecule has 2 aromatic rings. The third kappa shape index (κ3) is 5.90. The molecule has 0 fully saturated rings. The molecule has 0 spiro atoms. The third-order valence-electron chi connectivity index (χ3n) is 4.05. The molecule has 0 aliphatic heterocycles. The van der Waals surface area contributed by atoms with Crippen molar-refractivity contribution in [1.82, 2.24) is 5.32 Å². The minimum absolute atomic E-state index is 0.294. The maximum Gasteiger partial charge on any atom is 0.252 e.